The first-order valence-corrected chi connectivity index (χ1v) is 20.1. The van der Waals surface area contributed by atoms with Gasteiger partial charge in [-0.2, -0.15) is 0 Å². The van der Waals surface area contributed by atoms with E-state index in [0.717, 1.165) is 0 Å². The lowest BCUT2D eigenvalue weighted by Gasteiger charge is -2.50. The van der Waals surface area contributed by atoms with Crippen molar-refractivity contribution in [2.24, 2.45) is 0 Å². The van der Waals surface area contributed by atoms with Crippen molar-refractivity contribution in [1.29, 1.82) is 0 Å². The monoisotopic (exact) mass is 623 g/mol. The predicted octanol–water partition coefficient (Wildman–Crippen LogP) is 4.72. The molecule has 0 heterocycles. The summed E-state index contributed by atoms with van der Waals surface area (Å²) in [7, 11) is -10.6. The highest BCUT2D eigenvalue weighted by molar-refractivity contribution is 6.67. The average molecular weight is 624 g/mol. The third-order valence-corrected chi connectivity index (χ3v) is 15.8. The quantitative estimate of drug-likeness (QED) is 0.0947. The van der Waals surface area contributed by atoms with Crippen LogP contribution in [0.3, 0.4) is 0 Å². The van der Waals surface area contributed by atoms with E-state index in [2.05, 4.69) is 24.6 Å². The topological polar surface area (TPSA) is 86.3 Å². The van der Waals surface area contributed by atoms with Gasteiger partial charge in [-0.05, 0) is 62.3 Å². The largest absolute Gasteiger partial charge is 0.523 e. The van der Waals surface area contributed by atoms with Gasteiger partial charge < -0.3 is 39.8 Å². The van der Waals surface area contributed by atoms with Gasteiger partial charge in [0.05, 0.1) is 17.0 Å². The van der Waals surface area contributed by atoms with Crippen LogP contribution in [0, 0.1) is 0 Å². The van der Waals surface area contributed by atoms with Gasteiger partial charge in [0, 0.05) is 59.5 Å². The first-order valence-electron chi connectivity index (χ1n) is 14.7. The fraction of sp³-hybridized carbons (Fsp3) is 0.778. The molecular formula is C27H57NO9Si3. The molecular weight excluding hydrogens is 567 g/mol. The van der Waals surface area contributed by atoms with Crippen LogP contribution < -0.4 is 0 Å². The van der Waals surface area contributed by atoms with Crippen molar-refractivity contribution in [1.82, 2.24) is 4.90 Å². The zero-order chi connectivity index (χ0) is 30.7. The van der Waals surface area contributed by atoms with Gasteiger partial charge in [0.1, 0.15) is 0 Å². The Balaban J connectivity index is 7.91. The Morgan fingerprint density at radius 1 is 0.400 bits per heavy atom. The maximum Gasteiger partial charge on any atom is 0.523 e. The first-order chi connectivity index (χ1) is 19.3. The summed E-state index contributed by atoms with van der Waals surface area (Å²) in [6.45, 7) is 33.3. The van der Waals surface area contributed by atoms with Crippen LogP contribution >= 0.6 is 0 Å². The zero-order valence-electron chi connectivity index (χ0n) is 26.6. The Morgan fingerprint density at radius 3 is 0.650 bits per heavy atom. The summed E-state index contributed by atoms with van der Waals surface area (Å²) in [5.74, 6) is 0. The zero-order valence-corrected chi connectivity index (χ0v) is 29.6. The molecule has 13 heteroatoms. The molecule has 0 aliphatic carbocycles. The molecule has 0 saturated carbocycles. The molecule has 3 atom stereocenters. The molecule has 3 unspecified atom stereocenters. The van der Waals surface area contributed by atoms with Gasteiger partial charge in [0.25, 0.3) is 0 Å². The van der Waals surface area contributed by atoms with Crippen LogP contribution in [0.1, 0.15) is 62.3 Å². The molecule has 0 amide bonds. The van der Waals surface area contributed by atoms with Crippen molar-refractivity contribution in [3.8, 4) is 0 Å². The molecule has 0 aromatic heterocycles. The molecule has 0 spiro atoms. The second-order valence-corrected chi connectivity index (χ2v) is 16.2. The average Bonchev–Trinajstić information content (AvgIpc) is 2.91. The van der Waals surface area contributed by atoms with E-state index in [4.69, 9.17) is 39.8 Å². The van der Waals surface area contributed by atoms with Gasteiger partial charge in [-0.15, -0.1) is 19.7 Å². The second kappa shape index (κ2) is 21.2. The van der Waals surface area contributed by atoms with Crippen LogP contribution in [0.2, 0.25) is 0 Å². The van der Waals surface area contributed by atoms with Gasteiger partial charge in [-0.25, -0.2) is 0 Å². The molecule has 0 radical (unpaired) electrons. The number of hydrogen-bond donors (Lipinski definition) is 0. The van der Waals surface area contributed by atoms with Crippen LogP contribution in [0.15, 0.2) is 38.0 Å². The third kappa shape index (κ3) is 9.76. The van der Waals surface area contributed by atoms with Crippen LogP contribution in [0.25, 0.3) is 0 Å². The van der Waals surface area contributed by atoms with Gasteiger partial charge in [-0.1, -0.05) is 18.2 Å². The van der Waals surface area contributed by atoms with Crippen molar-refractivity contribution in [3.05, 3.63) is 38.0 Å². The van der Waals surface area contributed by atoms with Crippen molar-refractivity contribution in [2.75, 3.05) is 59.5 Å². The molecule has 40 heavy (non-hydrogen) atoms. The lowest BCUT2D eigenvalue weighted by atomic mass is 10.4. The van der Waals surface area contributed by atoms with Gasteiger partial charge in [-0.3, -0.25) is 4.90 Å². The van der Waals surface area contributed by atoms with Crippen molar-refractivity contribution in [3.63, 3.8) is 0 Å². The molecule has 10 nitrogen and oxygen atoms in total. The number of hydrogen-bond acceptors (Lipinski definition) is 10. The third-order valence-electron chi connectivity index (χ3n) is 5.83. The minimum atomic E-state index is -3.52. The summed E-state index contributed by atoms with van der Waals surface area (Å²) in [5.41, 5.74) is -1.88. The molecule has 0 bridgehead atoms. The molecule has 0 rings (SSSR count). The normalized spacial score (nSPS) is 15.2. The van der Waals surface area contributed by atoms with Crippen LogP contribution in [0.4, 0.5) is 0 Å². The second-order valence-electron chi connectivity index (χ2n) is 8.20. The van der Waals surface area contributed by atoms with E-state index in [0.29, 0.717) is 59.5 Å². The molecule has 0 N–H and O–H groups in total. The molecule has 0 saturated heterocycles. The van der Waals surface area contributed by atoms with Crippen LogP contribution in [0.5, 0.6) is 0 Å². The Labute approximate surface area is 247 Å². The fourth-order valence-corrected chi connectivity index (χ4v) is 14.1. The first kappa shape index (κ1) is 39.5. The van der Waals surface area contributed by atoms with E-state index >= 15 is 0 Å². The van der Waals surface area contributed by atoms with Gasteiger partial charge in [0.2, 0.25) is 0 Å². The van der Waals surface area contributed by atoms with E-state index in [1.54, 1.807) is 18.2 Å². The van der Waals surface area contributed by atoms with Crippen molar-refractivity contribution < 1.29 is 39.8 Å². The smallest absolute Gasteiger partial charge is 0.373 e. The lowest BCUT2D eigenvalue weighted by Crippen LogP contribution is -2.76. The molecule has 0 aromatic rings. The minimum Gasteiger partial charge on any atom is -0.373 e. The SMILES string of the molecule is C=CC(N(C(C=C)[Si](OCC)(OCC)OCC)C(C=C)[Si](OCC)(OCC)OCC)[Si](OCC)(OCC)OCC. The maximum absolute atomic E-state index is 6.42. The Morgan fingerprint density at radius 2 is 0.550 bits per heavy atom. The summed E-state index contributed by atoms with van der Waals surface area (Å²) < 4.78 is 57.8. The number of rotatable bonds is 27. The highest BCUT2D eigenvalue weighted by Crippen LogP contribution is 2.35. The summed E-state index contributed by atoms with van der Waals surface area (Å²) in [6, 6.07) is 0. The fourth-order valence-electron chi connectivity index (χ4n) is 4.82. The Bertz CT molecular complexity index is 563. The Kier molecular flexibility index (Phi) is 20.9. The summed E-state index contributed by atoms with van der Waals surface area (Å²) in [5, 5.41) is 0. The summed E-state index contributed by atoms with van der Waals surface area (Å²) >= 11 is 0. The maximum atomic E-state index is 6.42. The van der Waals surface area contributed by atoms with Crippen LogP contribution in [-0.2, 0) is 39.8 Å². The predicted molar refractivity (Wildman–Crippen MR) is 166 cm³/mol. The van der Waals surface area contributed by atoms with E-state index < -0.39 is 43.4 Å². The molecule has 0 fully saturated rings. The van der Waals surface area contributed by atoms with Gasteiger partial charge in [0.15, 0.2) is 0 Å². The minimum absolute atomic E-state index is 0.373. The number of nitrogens with zero attached hydrogens (tertiary/aromatic N) is 1. The van der Waals surface area contributed by atoms with E-state index in [-0.39, 0.29) is 0 Å². The van der Waals surface area contributed by atoms with E-state index in [1.165, 1.54) is 0 Å². The standard InChI is InChI=1S/C27H57NO9Si3/c1-13-25(38(29-16-4,30-17-5)31-18-6)28(26(14-2)39(32-19-7,33-20-8)34-21-9)27(15-3)40(35-22-10,36-23-11)37-24-12/h13-15,25-27H,1-3,16-24H2,4-12H3. The molecule has 0 aliphatic heterocycles. The van der Waals surface area contributed by atoms with Crippen molar-refractivity contribution >= 4 is 26.4 Å². The molecule has 0 aromatic carbocycles. The van der Waals surface area contributed by atoms with E-state index in [1.807, 2.05) is 62.3 Å². The van der Waals surface area contributed by atoms with Crippen molar-refractivity contribution in [2.45, 2.75) is 79.3 Å². The lowest BCUT2D eigenvalue weighted by molar-refractivity contribution is -0.000262. The summed E-state index contributed by atoms with van der Waals surface area (Å²) in [4.78, 5) is 2.08. The Hall–Kier alpha value is -0.529. The van der Waals surface area contributed by atoms with E-state index in [9.17, 15) is 0 Å². The highest BCUT2D eigenvalue weighted by atomic mass is 28.4. The van der Waals surface area contributed by atoms with Gasteiger partial charge >= 0.3 is 26.4 Å². The molecule has 236 valence electrons. The molecule has 0 aliphatic rings. The summed E-state index contributed by atoms with van der Waals surface area (Å²) in [6.07, 6.45) is 5.35. The van der Waals surface area contributed by atoms with Crippen LogP contribution in [-0.4, -0.2) is 108 Å². The highest BCUT2D eigenvalue weighted by Gasteiger charge is 2.64.